The van der Waals surface area contributed by atoms with Crippen molar-refractivity contribution in [2.75, 3.05) is 0 Å². The fraction of sp³-hybridized carbons (Fsp3) is 0.900. The number of aliphatic hydroxyl groups is 1. The van der Waals surface area contributed by atoms with Crippen LogP contribution >= 0.6 is 0 Å². The minimum absolute atomic E-state index is 0.0213. The number of carbonyl (C=O) groups is 1. The van der Waals surface area contributed by atoms with Crippen LogP contribution in [0.4, 0.5) is 0 Å². The van der Waals surface area contributed by atoms with Crippen molar-refractivity contribution >= 4 is 5.97 Å². The maximum absolute atomic E-state index is 10.5. The molecule has 76 valence electrons. The van der Waals surface area contributed by atoms with Gasteiger partial charge in [-0.2, -0.15) is 0 Å². The lowest BCUT2D eigenvalue weighted by molar-refractivity contribution is -0.147. The van der Waals surface area contributed by atoms with Crippen LogP contribution in [0.15, 0.2) is 0 Å². The van der Waals surface area contributed by atoms with Crippen molar-refractivity contribution < 1.29 is 15.0 Å². The van der Waals surface area contributed by atoms with Crippen molar-refractivity contribution in [3.63, 3.8) is 0 Å². The summed E-state index contributed by atoms with van der Waals surface area (Å²) in [6.45, 7) is 5.87. The number of aliphatic carboxylic acids is 1. The molecule has 2 N–H and O–H groups in total. The second-order valence-electron chi connectivity index (χ2n) is 4.70. The summed E-state index contributed by atoms with van der Waals surface area (Å²) in [5.74, 6) is -0.247. The Morgan fingerprint density at radius 2 is 2.15 bits per heavy atom. The summed E-state index contributed by atoms with van der Waals surface area (Å²) in [6.07, 6.45) is 0.757. The quantitative estimate of drug-likeness (QED) is 0.702. The summed E-state index contributed by atoms with van der Waals surface area (Å²) < 4.78 is 0. The Bertz CT molecular complexity index is 208. The zero-order valence-corrected chi connectivity index (χ0v) is 8.45. The van der Waals surface area contributed by atoms with Crippen LogP contribution in [-0.2, 0) is 4.79 Å². The van der Waals surface area contributed by atoms with E-state index in [1.165, 1.54) is 0 Å². The third-order valence-corrected chi connectivity index (χ3v) is 3.55. The maximum atomic E-state index is 10.5. The van der Waals surface area contributed by atoms with Gasteiger partial charge in [-0.25, -0.2) is 0 Å². The Hall–Kier alpha value is -0.570. The summed E-state index contributed by atoms with van der Waals surface area (Å²) in [5, 5.41) is 18.1. The number of aliphatic hydroxyl groups excluding tert-OH is 1. The van der Waals surface area contributed by atoms with Gasteiger partial charge in [-0.15, -0.1) is 0 Å². The summed E-state index contributed by atoms with van der Waals surface area (Å²) in [4.78, 5) is 10.5. The molecule has 0 heterocycles. The maximum Gasteiger partial charge on any atom is 0.303 e. The first kappa shape index (κ1) is 10.5. The molecule has 0 bridgehead atoms. The van der Waals surface area contributed by atoms with Crippen LogP contribution in [0.2, 0.25) is 0 Å². The van der Waals surface area contributed by atoms with Crippen molar-refractivity contribution in [3.05, 3.63) is 0 Å². The molecule has 3 heteroatoms. The van der Waals surface area contributed by atoms with Crippen LogP contribution < -0.4 is 0 Å². The standard InChI is InChI=1S/C10H18O3/c1-6(11)8-4-7(5-9(12)13)10(8,2)3/h6-8,11H,4-5H2,1-3H3,(H,12,13). The summed E-state index contributed by atoms with van der Waals surface area (Å²) in [7, 11) is 0. The van der Waals surface area contributed by atoms with E-state index in [0.717, 1.165) is 6.42 Å². The van der Waals surface area contributed by atoms with Gasteiger partial charge in [0.25, 0.3) is 0 Å². The molecular formula is C10H18O3. The van der Waals surface area contributed by atoms with E-state index in [4.69, 9.17) is 5.11 Å². The van der Waals surface area contributed by atoms with Gasteiger partial charge >= 0.3 is 5.97 Å². The van der Waals surface area contributed by atoms with Crippen molar-refractivity contribution in [2.45, 2.75) is 39.7 Å². The van der Waals surface area contributed by atoms with E-state index >= 15 is 0 Å². The van der Waals surface area contributed by atoms with E-state index in [9.17, 15) is 9.90 Å². The van der Waals surface area contributed by atoms with Gasteiger partial charge in [0, 0.05) is 6.42 Å². The molecule has 13 heavy (non-hydrogen) atoms. The van der Waals surface area contributed by atoms with E-state index in [-0.39, 0.29) is 29.8 Å². The molecule has 0 aliphatic heterocycles. The predicted octanol–water partition coefficient (Wildman–Crippen LogP) is 1.50. The average Bonchev–Trinajstić information content (AvgIpc) is 1.96. The molecule has 3 atom stereocenters. The Labute approximate surface area is 78.8 Å². The second kappa shape index (κ2) is 3.29. The smallest absolute Gasteiger partial charge is 0.303 e. The Kier molecular flexibility index (Phi) is 2.66. The average molecular weight is 186 g/mol. The molecule has 1 saturated carbocycles. The zero-order valence-electron chi connectivity index (χ0n) is 8.45. The highest BCUT2D eigenvalue weighted by molar-refractivity contribution is 5.67. The first-order chi connectivity index (χ1) is 5.85. The van der Waals surface area contributed by atoms with E-state index < -0.39 is 5.97 Å². The first-order valence-corrected chi connectivity index (χ1v) is 4.75. The van der Waals surface area contributed by atoms with Crippen molar-refractivity contribution in [3.8, 4) is 0 Å². The third-order valence-electron chi connectivity index (χ3n) is 3.55. The van der Waals surface area contributed by atoms with Gasteiger partial charge in [0.15, 0.2) is 0 Å². The van der Waals surface area contributed by atoms with E-state index in [2.05, 4.69) is 0 Å². The van der Waals surface area contributed by atoms with Crippen molar-refractivity contribution in [1.82, 2.24) is 0 Å². The number of hydrogen-bond acceptors (Lipinski definition) is 2. The lowest BCUT2D eigenvalue weighted by atomic mass is 9.52. The Morgan fingerprint density at radius 1 is 1.62 bits per heavy atom. The molecule has 0 spiro atoms. The molecule has 0 radical (unpaired) electrons. The van der Waals surface area contributed by atoms with Gasteiger partial charge in [0.2, 0.25) is 0 Å². The normalized spacial score (nSPS) is 33.5. The summed E-state index contributed by atoms with van der Waals surface area (Å²) >= 11 is 0. The molecule has 0 saturated heterocycles. The van der Waals surface area contributed by atoms with E-state index in [0.29, 0.717) is 0 Å². The summed E-state index contributed by atoms with van der Waals surface area (Å²) in [5.41, 5.74) is -0.0213. The molecule has 1 rings (SSSR count). The molecule has 3 nitrogen and oxygen atoms in total. The third kappa shape index (κ3) is 1.85. The Balaban J connectivity index is 2.54. The highest BCUT2D eigenvalue weighted by atomic mass is 16.4. The fourth-order valence-corrected chi connectivity index (χ4v) is 2.43. The van der Waals surface area contributed by atoms with Crippen LogP contribution in [0.5, 0.6) is 0 Å². The number of hydrogen-bond donors (Lipinski definition) is 2. The number of carboxylic acids is 1. The molecule has 0 aromatic carbocycles. The highest BCUT2D eigenvalue weighted by Gasteiger charge is 2.50. The van der Waals surface area contributed by atoms with Gasteiger partial charge in [-0.1, -0.05) is 13.8 Å². The minimum atomic E-state index is -0.734. The second-order valence-corrected chi connectivity index (χ2v) is 4.70. The van der Waals surface area contributed by atoms with Crippen LogP contribution in [0, 0.1) is 17.3 Å². The van der Waals surface area contributed by atoms with E-state index in [1.54, 1.807) is 6.92 Å². The molecule has 0 aromatic heterocycles. The lowest BCUT2D eigenvalue weighted by Crippen LogP contribution is -2.50. The SMILES string of the molecule is CC(O)C1CC(CC(=O)O)C1(C)C. The van der Waals surface area contributed by atoms with Gasteiger partial charge in [-0.05, 0) is 30.6 Å². The largest absolute Gasteiger partial charge is 0.481 e. The van der Waals surface area contributed by atoms with Crippen LogP contribution in [0.25, 0.3) is 0 Å². The van der Waals surface area contributed by atoms with E-state index in [1.807, 2.05) is 13.8 Å². The lowest BCUT2D eigenvalue weighted by Gasteiger charge is -2.53. The molecule has 1 aliphatic carbocycles. The zero-order chi connectivity index (χ0) is 10.2. The minimum Gasteiger partial charge on any atom is -0.481 e. The van der Waals surface area contributed by atoms with Crippen LogP contribution in [0.1, 0.15) is 33.6 Å². The van der Waals surface area contributed by atoms with Crippen LogP contribution in [-0.4, -0.2) is 22.3 Å². The van der Waals surface area contributed by atoms with Gasteiger partial charge in [-0.3, -0.25) is 4.79 Å². The molecular weight excluding hydrogens is 168 g/mol. The molecule has 0 amide bonds. The van der Waals surface area contributed by atoms with Crippen molar-refractivity contribution in [2.24, 2.45) is 17.3 Å². The molecule has 1 aliphatic rings. The fourth-order valence-electron chi connectivity index (χ4n) is 2.43. The Morgan fingerprint density at radius 3 is 2.46 bits per heavy atom. The van der Waals surface area contributed by atoms with Crippen molar-refractivity contribution in [1.29, 1.82) is 0 Å². The molecule has 1 fully saturated rings. The molecule has 0 aromatic rings. The number of carboxylic acid groups (broad SMARTS) is 1. The van der Waals surface area contributed by atoms with Gasteiger partial charge in [0.1, 0.15) is 0 Å². The van der Waals surface area contributed by atoms with Gasteiger partial charge in [0.05, 0.1) is 6.10 Å². The first-order valence-electron chi connectivity index (χ1n) is 4.75. The van der Waals surface area contributed by atoms with Crippen LogP contribution in [0.3, 0.4) is 0 Å². The monoisotopic (exact) mass is 186 g/mol. The topological polar surface area (TPSA) is 57.5 Å². The number of rotatable bonds is 3. The summed E-state index contributed by atoms with van der Waals surface area (Å²) in [6, 6.07) is 0. The highest BCUT2D eigenvalue weighted by Crippen LogP contribution is 2.54. The molecule has 3 unspecified atom stereocenters. The van der Waals surface area contributed by atoms with Gasteiger partial charge < -0.3 is 10.2 Å². The predicted molar refractivity (Wildman–Crippen MR) is 49.3 cm³/mol.